The lowest BCUT2D eigenvalue weighted by Crippen LogP contribution is -2.09. The minimum atomic E-state index is 0.337. The van der Waals surface area contributed by atoms with Crippen molar-refractivity contribution in [1.29, 1.82) is 0 Å². The van der Waals surface area contributed by atoms with Gasteiger partial charge in [0.15, 0.2) is 5.82 Å². The largest absolute Gasteiger partial charge is 0.497 e. The van der Waals surface area contributed by atoms with E-state index in [-0.39, 0.29) is 0 Å². The van der Waals surface area contributed by atoms with Gasteiger partial charge in [0, 0.05) is 11.6 Å². The molecule has 3 aromatic rings. The van der Waals surface area contributed by atoms with Crippen LogP contribution in [0.4, 0.5) is 17.5 Å². The number of aromatic nitrogens is 3. The second-order valence-corrected chi connectivity index (χ2v) is 6.28. The second kappa shape index (κ2) is 8.69. The Morgan fingerprint density at radius 2 is 1.88 bits per heavy atom. The monoisotopic (exact) mass is 389 g/mol. The molecule has 0 bridgehead atoms. The molecular weight excluding hydrogens is 373 g/mol. The lowest BCUT2D eigenvalue weighted by atomic mass is 10.1. The smallest absolute Gasteiger partial charge is 0.249 e. The van der Waals surface area contributed by atoms with E-state index < -0.39 is 0 Å². The third-order valence-corrected chi connectivity index (χ3v) is 4.18. The average molecular weight is 390 g/mol. The topological polar surface area (TPSA) is 72.0 Å². The van der Waals surface area contributed by atoms with E-state index in [1.54, 1.807) is 31.5 Å². The number of hydrogen-bond acceptors (Lipinski definition) is 6. The van der Waals surface area contributed by atoms with E-state index in [1.807, 2.05) is 24.3 Å². The van der Waals surface area contributed by atoms with Crippen LogP contribution >= 0.6 is 23.2 Å². The van der Waals surface area contributed by atoms with Gasteiger partial charge in [0.25, 0.3) is 0 Å². The van der Waals surface area contributed by atoms with Crippen molar-refractivity contribution in [2.24, 2.45) is 0 Å². The number of ether oxygens (including phenoxy) is 1. The number of hydrogen-bond donors (Lipinski definition) is 2. The molecule has 2 aromatic carbocycles. The van der Waals surface area contributed by atoms with Crippen molar-refractivity contribution in [3.05, 3.63) is 64.3 Å². The first-order valence-electron chi connectivity index (χ1n) is 7.92. The minimum absolute atomic E-state index is 0.337. The lowest BCUT2D eigenvalue weighted by Gasteiger charge is -2.09. The standard InChI is InChI=1S/C18H17Cl2N5O/c1-26-14-5-2-12(3-6-14)8-9-21-17-11-22-25-18(24-17)23-16-10-13(19)4-7-15(16)20/h2-7,10-11H,8-9H2,1H3,(H2,21,23,24,25). The van der Waals surface area contributed by atoms with Crippen LogP contribution in [0, 0.1) is 0 Å². The summed E-state index contributed by atoms with van der Waals surface area (Å²) < 4.78 is 5.16. The maximum Gasteiger partial charge on any atom is 0.249 e. The average Bonchev–Trinajstić information content (AvgIpc) is 2.66. The molecule has 0 aliphatic carbocycles. The van der Waals surface area contributed by atoms with Crippen LogP contribution < -0.4 is 15.4 Å². The van der Waals surface area contributed by atoms with E-state index in [2.05, 4.69) is 25.8 Å². The zero-order valence-electron chi connectivity index (χ0n) is 14.0. The Morgan fingerprint density at radius 1 is 1.08 bits per heavy atom. The predicted molar refractivity (Wildman–Crippen MR) is 105 cm³/mol. The first-order valence-corrected chi connectivity index (χ1v) is 8.68. The molecule has 0 spiro atoms. The molecule has 0 radical (unpaired) electrons. The molecule has 0 unspecified atom stereocenters. The van der Waals surface area contributed by atoms with Gasteiger partial charge in [-0.1, -0.05) is 35.3 Å². The van der Waals surface area contributed by atoms with Gasteiger partial charge in [0.05, 0.1) is 24.0 Å². The summed E-state index contributed by atoms with van der Waals surface area (Å²) in [6, 6.07) is 13.1. The Kier molecular flexibility index (Phi) is 6.09. The van der Waals surface area contributed by atoms with E-state index >= 15 is 0 Å². The number of nitrogens with zero attached hydrogens (tertiary/aromatic N) is 3. The molecule has 0 atom stereocenters. The molecular formula is C18H17Cl2N5O. The van der Waals surface area contributed by atoms with Gasteiger partial charge >= 0.3 is 0 Å². The molecule has 0 aliphatic heterocycles. The summed E-state index contributed by atoms with van der Waals surface area (Å²) in [4.78, 5) is 4.38. The Morgan fingerprint density at radius 3 is 2.65 bits per heavy atom. The summed E-state index contributed by atoms with van der Waals surface area (Å²) in [5.41, 5.74) is 1.82. The lowest BCUT2D eigenvalue weighted by molar-refractivity contribution is 0.414. The van der Waals surface area contributed by atoms with Gasteiger partial charge in [-0.25, -0.2) is 0 Å². The van der Waals surface area contributed by atoms with Gasteiger partial charge in [0.1, 0.15) is 5.75 Å². The molecule has 0 amide bonds. The van der Waals surface area contributed by atoms with Crippen molar-refractivity contribution in [3.8, 4) is 5.75 Å². The fourth-order valence-electron chi connectivity index (χ4n) is 2.28. The molecule has 0 aliphatic rings. The van der Waals surface area contributed by atoms with E-state index in [9.17, 15) is 0 Å². The van der Waals surface area contributed by atoms with Gasteiger partial charge in [-0.2, -0.15) is 10.1 Å². The molecule has 0 saturated heterocycles. The summed E-state index contributed by atoms with van der Waals surface area (Å²) in [5.74, 6) is 1.80. The molecule has 134 valence electrons. The van der Waals surface area contributed by atoms with Crippen molar-refractivity contribution in [1.82, 2.24) is 15.2 Å². The molecule has 26 heavy (non-hydrogen) atoms. The first-order chi connectivity index (χ1) is 12.6. The SMILES string of the molecule is COc1ccc(CCNc2cnnc(Nc3cc(Cl)ccc3Cl)n2)cc1. The Labute approximate surface area is 161 Å². The number of methoxy groups -OCH3 is 1. The van der Waals surface area contributed by atoms with Gasteiger partial charge in [-0.3, -0.25) is 0 Å². The fraction of sp³-hybridized carbons (Fsp3) is 0.167. The zero-order chi connectivity index (χ0) is 18.4. The molecule has 0 saturated carbocycles. The summed E-state index contributed by atoms with van der Waals surface area (Å²) >= 11 is 12.1. The van der Waals surface area contributed by atoms with Crippen LogP contribution in [0.2, 0.25) is 10.0 Å². The molecule has 6 nitrogen and oxygen atoms in total. The third kappa shape index (κ3) is 4.97. The predicted octanol–water partition coefficient (Wildman–Crippen LogP) is 4.59. The molecule has 1 heterocycles. The molecule has 1 aromatic heterocycles. The summed E-state index contributed by atoms with van der Waals surface area (Å²) in [6.45, 7) is 0.711. The van der Waals surface area contributed by atoms with E-state index in [0.29, 0.717) is 34.0 Å². The highest BCUT2D eigenvalue weighted by Crippen LogP contribution is 2.27. The van der Waals surface area contributed by atoms with Crippen LogP contribution in [0.25, 0.3) is 0 Å². The van der Waals surface area contributed by atoms with Crippen molar-refractivity contribution < 1.29 is 4.74 Å². The van der Waals surface area contributed by atoms with Gasteiger partial charge in [-0.05, 0) is 42.3 Å². The van der Waals surface area contributed by atoms with Gasteiger partial charge in [-0.15, -0.1) is 5.10 Å². The normalized spacial score (nSPS) is 10.4. The number of rotatable bonds is 7. The Bertz CT molecular complexity index is 874. The van der Waals surface area contributed by atoms with E-state index in [4.69, 9.17) is 27.9 Å². The maximum absolute atomic E-state index is 6.14. The number of halogens is 2. The first kappa shape index (κ1) is 18.2. The quantitative estimate of drug-likeness (QED) is 0.615. The summed E-state index contributed by atoms with van der Waals surface area (Å²) in [6.07, 6.45) is 2.41. The van der Waals surface area contributed by atoms with Crippen LogP contribution in [0.15, 0.2) is 48.7 Å². The number of benzene rings is 2. The highest BCUT2D eigenvalue weighted by Gasteiger charge is 2.05. The van der Waals surface area contributed by atoms with Crippen molar-refractivity contribution in [2.45, 2.75) is 6.42 Å². The van der Waals surface area contributed by atoms with Gasteiger partial charge in [0.2, 0.25) is 5.95 Å². The van der Waals surface area contributed by atoms with Crippen molar-refractivity contribution in [3.63, 3.8) is 0 Å². The van der Waals surface area contributed by atoms with E-state index in [1.165, 1.54) is 5.56 Å². The minimum Gasteiger partial charge on any atom is -0.497 e. The zero-order valence-corrected chi connectivity index (χ0v) is 15.6. The number of nitrogens with one attached hydrogen (secondary N) is 2. The molecule has 8 heteroatoms. The van der Waals surface area contributed by atoms with Crippen molar-refractivity contribution in [2.75, 3.05) is 24.3 Å². The molecule has 2 N–H and O–H groups in total. The van der Waals surface area contributed by atoms with Crippen LogP contribution in [-0.2, 0) is 6.42 Å². The maximum atomic E-state index is 6.14. The van der Waals surface area contributed by atoms with Crippen LogP contribution in [0.3, 0.4) is 0 Å². The summed E-state index contributed by atoms with van der Waals surface area (Å²) in [7, 11) is 1.65. The van der Waals surface area contributed by atoms with Crippen LogP contribution in [-0.4, -0.2) is 28.8 Å². The van der Waals surface area contributed by atoms with Crippen LogP contribution in [0.5, 0.6) is 5.75 Å². The highest BCUT2D eigenvalue weighted by molar-refractivity contribution is 6.35. The highest BCUT2D eigenvalue weighted by atomic mass is 35.5. The summed E-state index contributed by atoms with van der Waals surface area (Å²) in [5, 5.41) is 15.3. The number of anilines is 3. The molecule has 3 rings (SSSR count). The third-order valence-electron chi connectivity index (χ3n) is 3.61. The fourth-order valence-corrected chi connectivity index (χ4v) is 2.62. The Hall–Kier alpha value is -2.57. The van der Waals surface area contributed by atoms with Crippen LogP contribution in [0.1, 0.15) is 5.56 Å². The van der Waals surface area contributed by atoms with Crippen molar-refractivity contribution >= 4 is 40.7 Å². The van der Waals surface area contributed by atoms with Gasteiger partial charge < -0.3 is 15.4 Å². The molecule has 0 fully saturated rings. The second-order valence-electron chi connectivity index (χ2n) is 5.44. The van der Waals surface area contributed by atoms with E-state index in [0.717, 1.165) is 12.2 Å². The Balaban J connectivity index is 1.59.